The van der Waals surface area contributed by atoms with E-state index >= 15 is 0 Å². The molecule has 0 spiro atoms. The van der Waals surface area contributed by atoms with Crippen molar-refractivity contribution in [3.05, 3.63) is 59.7 Å². The van der Waals surface area contributed by atoms with Gasteiger partial charge in [-0.05, 0) is 41.3 Å². The summed E-state index contributed by atoms with van der Waals surface area (Å²) >= 11 is 0. The van der Waals surface area contributed by atoms with Crippen LogP contribution < -0.4 is 10.6 Å². The molecular formula is C17H22N2. The van der Waals surface area contributed by atoms with Gasteiger partial charge in [0.1, 0.15) is 0 Å². The Morgan fingerprint density at radius 2 is 1.42 bits per heavy atom. The predicted octanol–water partition coefficient (Wildman–Crippen LogP) is 4.46. The third-order valence-electron chi connectivity index (χ3n) is 3.32. The molecule has 0 fully saturated rings. The second kappa shape index (κ2) is 6.28. The molecule has 2 rings (SSSR count). The largest absolute Gasteiger partial charge is 0.388 e. The van der Waals surface area contributed by atoms with Crippen LogP contribution in [-0.2, 0) is 6.54 Å². The van der Waals surface area contributed by atoms with E-state index in [4.69, 9.17) is 0 Å². The average Bonchev–Trinajstić information content (AvgIpc) is 2.46. The maximum atomic E-state index is 3.44. The Hall–Kier alpha value is -1.96. The van der Waals surface area contributed by atoms with Gasteiger partial charge in [0.05, 0.1) is 0 Å². The van der Waals surface area contributed by atoms with Crippen molar-refractivity contribution in [2.45, 2.75) is 26.3 Å². The molecular weight excluding hydrogens is 232 g/mol. The summed E-state index contributed by atoms with van der Waals surface area (Å²) in [5.41, 5.74) is 4.97. The van der Waals surface area contributed by atoms with Gasteiger partial charge in [0, 0.05) is 25.0 Å². The summed E-state index contributed by atoms with van der Waals surface area (Å²) in [4.78, 5) is 0. The molecule has 0 aromatic heterocycles. The number of anilines is 2. The van der Waals surface area contributed by atoms with Gasteiger partial charge in [0.2, 0.25) is 0 Å². The van der Waals surface area contributed by atoms with Crippen LogP contribution in [0.15, 0.2) is 48.5 Å². The zero-order valence-electron chi connectivity index (χ0n) is 11.9. The summed E-state index contributed by atoms with van der Waals surface area (Å²) in [5, 5.41) is 6.57. The Balaban J connectivity index is 1.94. The van der Waals surface area contributed by atoms with Gasteiger partial charge in [-0.3, -0.25) is 0 Å². The molecule has 0 saturated heterocycles. The topological polar surface area (TPSA) is 24.1 Å². The number of hydrogen-bond acceptors (Lipinski definition) is 2. The predicted molar refractivity (Wildman–Crippen MR) is 83.8 cm³/mol. The number of hydrogen-bond donors (Lipinski definition) is 2. The van der Waals surface area contributed by atoms with E-state index in [1.807, 2.05) is 7.05 Å². The number of rotatable bonds is 5. The van der Waals surface area contributed by atoms with Crippen molar-refractivity contribution in [1.82, 2.24) is 0 Å². The molecule has 19 heavy (non-hydrogen) atoms. The van der Waals surface area contributed by atoms with Gasteiger partial charge in [-0.1, -0.05) is 38.1 Å². The monoisotopic (exact) mass is 254 g/mol. The lowest BCUT2D eigenvalue weighted by atomic mass is 10.0. The molecule has 0 amide bonds. The highest BCUT2D eigenvalue weighted by molar-refractivity contribution is 5.47. The quantitative estimate of drug-likeness (QED) is 0.823. The van der Waals surface area contributed by atoms with Crippen molar-refractivity contribution in [2.24, 2.45) is 0 Å². The zero-order chi connectivity index (χ0) is 13.7. The molecule has 0 heterocycles. The normalized spacial score (nSPS) is 10.5. The number of benzene rings is 2. The van der Waals surface area contributed by atoms with E-state index in [0.29, 0.717) is 5.92 Å². The Morgan fingerprint density at radius 1 is 0.842 bits per heavy atom. The van der Waals surface area contributed by atoms with E-state index in [1.165, 1.54) is 16.8 Å². The van der Waals surface area contributed by atoms with Crippen LogP contribution in [0, 0.1) is 0 Å². The minimum Gasteiger partial charge on any atom is -0.388 e. The molecule has 2 nitrogen and oxygen atoms in total. The molecule has 100 valence electrons. The van der Waals surface area contributed by atoms with Crippen molar-refractivity contribution in [1.29, 1.82) is 0 Å². The molecule has 0 saturated carbocycles. The molecule has 0 aliphatic carbocycles. The molecule has 2 heteroatoms. The maximum Gasteiger partial charge on any atom is 0.0400 e. The highest BCUT2D eigenvalue weighted by Gasteiger charge is 1.99. The average molecular weight is 254 g/mol. The van der Waals surface area contributed by atoms with E-state index in [1.54, 1.807) is 0 Å². The first-order valence-electron chi connectivity index (χ1n) is 6.79. The van der Waals surface area contributed by atoms with Crippen LogP contribution in [0.5, 0.6) is 0 Å². The van der Waals surface area contributed by atoms with Crippen LogP contribution in [0.3, 0.4) is 0 Å². The lowest BCUT2D eigenvalue weighted by Gasteiger charge is -2.10. The van der Waals surface area contributed by atoms with Crippen molar-refractivity contribution in [2.75, 3.05) is 17.7 Å². The van der Waals surface area contributed by atoms with Gasteiger partial charge in [0.15, 0.2) is 0 Å². The first-order valence-corrected chi connectivity index (χ1v) is 6.79. The standard InChI is InChI=1S/C17H22N2/c1-13(2)15-6-10-17(11-7-15)19-12-14-4-8-16(18-3)9-5-14/h4-11,13,18-19H,12H2,1-3H3. The van der Waals surface area contributed by atoms with Gasteiger partial charge >= 0.3 is 0 Å². The second-order valence-corrected chi connectivity index (χ2v) is 5.08. The van der Waals surface area contributed by atoms with Crippen LogP contribution in [0.1, 0.15) is 30.9 Å². The van der Waals surface area contributed by atoms with E-state index in [-0.39, 0.29) is 0 Å². The first-order chi connectivity index (χ1) is 9.19. The third kappa shape index (κ3) is 3.75. The highest BCUT2D eigenvalue weighted by Crippen LogP contribution is 2.18. The van der Waals surface area contributed by atoms with E-state index in [2.05, 4.69) is 73.0 Å². The summed E-state index contributed by atoms with van der Waals surface area (Å²) in [7, 11) is 1.93. The van der Waals surface area contributed by atoms with E-state index in [0.717, 1.165) is 12.2 Å². The molecule has 2 N–H and O–H groups in total. The van der Waals surface area contributed by atoms with Crippen molar-refractivity contribution in [3.8, 4) is 0 Å². The van der Waals surface area contributed by atoms with Crippen LogP contribution in [0.2, 0.25) is 0 Å². The Bertz CT molecular complexity index is 498. The minimum atomic E-state index is 0.586. The van der Waals surface area contributed by atoms with Crippen LogP contribution >= 0.6 is 0 Å². The lowest BCUT2D eigenvalue weighted by molar-refractivity contribution is 0.867. The Kier molecular flexibility index (Phi) is 4.45. The maximum absolute atomic E-state index is 3.44. The fourth-order valence-corrected chi connectivity index (χ4v) is 1.98. The summed E-state index contributed by atoms with van der Waals surface area (Å²) < 4.78 is 0. The van der Waals surface area contributed by atoms with Gasteiger partial charge in [0.25, 0.3) is 0 Å². The van der Waals surface area contributed by atoms with E-state index in [9.17, 15) is 0 Å². The van der Waals surface area contributed by atoms with Gasteiger partial charge in [-0.2, -0.15) is 0 Å². The Labute approximate surface area is 115 Å². The smallest absolute Gasteiger partial charge is 0.0400 e. The zero-order valence-corrected chi connectivity index (χ0v) is 11.9. The van der Waals surface area contributed by atoms with Crippen molar-refractivity contribution >= 4 is 11.4 Å². The van der Waals surface area contributed by atoms with E-state index < -0.39 is 0 Å². The van der Waals surface area contributed by atoms with Gasteiger partial charge in [-0.15, -0.1) is 0 Å². The van der Waals surface area contributed by atoms with Crippen LogP contribution in [-0.4, -0.2) is 7.05 Å². The summed E-state index contributed by atoms with van der Waals surface area (Å²) in [6.07, 6.45) is 0. The molecule has 2 aromatic carbocycles. The number of nitrogens with one attached hydrogen (secondary N) is 2. The van der Waals surface area contributed by atoms with Crippen molar-refractivity contribution < 1.29 is 0 Å². The summed E-state index contributed by atoms with van der Waals surface area (Å²) in [5.74, 6) is 0.586. The lowest BCUT2D eigenvalue weighted by Crippen LogP contribution is -2.00. The fraction of sp³-hybridized carbons (Fsp3) is 0.294. The summed E-state index contributed by atoms with van der Waals surface area (Å²) in [6, 6.07) is 17.2. The SMILES string of the molecule is CNc1ccc(CNc2ccc(C(C)C)cc2)cc1. The molecule has 0 aliphatic rings. The molecule has 0 atom stereocenters. The molecule has 0 bridgehead atoms. The summed E-state index contributed by atoms with van der Waals surface area (Å²) in [6.45, 7) is 5.28. The third-order valence-corrected chi connectivity index (χ3v) is 3.32. The molecule has 0 aliphatic heterocycles. The van der Waals surface area contributed by atoms with Crippen LogP contribution in [0.25, 0.3) is 0 Å². The van der Waals surface area contributed by atoms with Crippen LogP contribution in [0.4, 0.5) is 11.4 Å². The van der Waals surface area contributed by atoms with Crippen molar-refractivity contribution in [3.63, 3.8) is 0 Å². The first kappa shape index (κ1) is 13.5. The fourth-order valence-electron chi connectivity index (χ4n) is 1.98. The minimum absolute atomic E-state index is 0.586. The molecule has 2 aromatic rings. The Morgan fingerprint density at radius 3 is 1.95 bits per heavy atom. The highest BCUT2D eigenvalue weighted by atomic mass is 14.9. The molecule has 0 unspecified atom stereocenters. The van der Waals surface area contributed by atoms with Gasteiger partial charge in [-0.25, -0.2) is 0 Å². The second-order valence-electron chi connectivity index (χ2n) is 5.08. The molecule has 0 radical (unpaired) electrons. The van der Waals surface area contributed by atoms with Gasteiger partial charge < -0.3 is 10.6 Å².